The first kappa shape index (κ1) is 21.7. The first-order chi connectivity index (χ1) is 13.6. The molecule has 0 aliphatic carbocycles. The normalized spacial score (nSPS) is 14.8. The van der Waals surface area contributed by atoms with Crippen LogP contribution in [0.5, 0.6) is 0 Å². The maximum Gasteiger partial charge on any atom is 0.161 e. The second-order valence-electron chi connectivity index (χ2n) is 7.44. The van der Waals surface area contributed by atoms with E-state index < -0.39 is 0 Å². The number of aromatic nitrogens is 1. The average Bonchev–Trinajstić information content (AvgIpc) is 3.08. The molecule has 0 amide bonds. The maximum atomic E-state index is 11.9. The molecule has 4 rings (SSSR count). The molecule has 0 spiro atoms. The number of anilines is 1. The van der Waals surface area contributed by atoms with Gasteiger partial charge in [-0.05, 0) is 38.1 Å². The Morgan fingerprint density at radius 2 is 1.66 bits per heavy atom. The van der Waals surface area contributed by atoms with Gasteiger partial charge in [0.1, 0.15) is 0 Å². The Bertz CT molecular complexity index is 977. The third-order valence-corrected chi connectivity index (χ3v) is 5.93. The van der Waals surface area contributed by atoms with Crippen LogP contribution in [0.1, 0.15) is 23.7 Å². The van der Waals surface area contributed by atoms with Gasteiger partial charge >= 0.3 is 0 Å². The first-order valence-corrected chi connectivity index (χ1v) is 10.3. The molecule has 2 aromatic carbocycles. The fraction of sp³-hybridized carbons (Fsp3) is 0.348. The number of hydrogen-bond acceptors (Lipinski definition) is 3. The van der Waals surface area contributed by atoms with Gasteiger partial charge in [-0.15, -0.1) is 12.4 Å². The van der Waals surface area contributed by atoms with Crippen molar-refractivity contribution in [2.24, 2.45) is 0 Å². The molecule has 1 aliphatic rings. The lowest BCUT2D eigenvalue weighted by molar-refractivity contribution is 0.101. The molecule has 1 fully saturated rings. The molecule has 0 saturated carbocycles. The van der Waals surface area contributed by atoms with Crippen LogP contribution in [0.2, 0.25) is 5.02 Å². The molecule has 1 saturated heterocycles. The number of aryl methyl sites for hydroxylation is 1. The average molecular weight is 432 g/mol. The van der Waals surface area contributed by atoms with Gasteiger partial charge in [0.15, 0.2) is 5.78 Å². The lowest BCUT2D eigenvalue weighted by atomic mass is 10.1. The van der Waals surface area contributed by atoms with Crippen molar-refractivity contribution in [3.63, 3.8) is 0 Å². The molecule has 3 aromatic rings. The summed E-state index contributed by atoms with van der Waals surface area (Å²) in [6.45, 7) is 7.75. The molecule has 154 valence electrons. The third-order valence-electron chi connectivity index (χ3n) is 5.61. The summed E-state index contributed by atoms with van der Waals surface area (Å²) in [5, 5.41) is 1.89. The van der Waals surface area contributed by atoms with Gasteiger partial charge in [-0.2, -0.15) is 0 Å². The molecule has 4 nitrogen and oxygen atoms in total. The predicted molar refractivity (Wildman–Crippen MR) is 124 cm³/mol. The molecule has 0 unspecified atom stereocenters. The fourth-order valence-electron chi connectivity index (χ4n) is 4.10. The summed E-state index contributed by atoms with van der Waals surface area (Å²) in [5.41, 5.74) is 3.11. The molecule has 29 heavy (non-hydrogen) atoms. The van der Waals surface area contributed by atoms with E-state index in [9.17, 15) is 4.79 Å². The van der Waals surface area contributed by atoms with Crippen LogP contribution < -0.4 is 4.90 Å². The van der Waals surface area contributed by atoms with E-state index in [2.05, 4.69) is 26.5 Å². The number of halogens is 2. The van der Waals surface area contributed by atoms with Gasteiger partial charge < -0.3 is 9.47 Å². The van der Waals surface area contributed by atoms with Crippen LogP contribution >= 0.6 is 24.0 Å². The Kier molecular flexibility index (Phi) is 7.23. The van der Waals surface area contributed by atoms with Crippen molar-refractivity contribution in [1.82, 2.24) is 9.47 Å². The number of fused-ring (bicyclic) bond motifs is 1. The van der Waals surface area contributed by atoms with Gasteiger partial charge in [0.2, 0.25) is 0 Å². The SMILES string of the molecule is CC(=O)c1cn(CCCN2CCN(c3ccccc3Cl)CC2)c2ccccc12.Cl. The highest BCUT2D eigenvalue weighted by molar-refractivity contribution is 6.33. The molecule has 1 aromatic heterocycles. The zero-order chi connectivity index (χ0) is 19.5. The fourth-order valence-corrected chi connectivity index (χ4v) is 4.35. The quantitative estimate of drug-likeness (QED) is 0.506. The van der Waals surface area contributed by atoms with Gasteiger partial charge in [0, 0.05) is 55.4 Å². The molecule has 0 bridgehead atoms. The number of ketones is 1. The van der Waals surface area contributed by atoms with E-state index in [4.69, 9.17) is 11.6 Å². The van der Waals surface area contributed by atoms with Crippen molar-refractivity contribution < 1.29 is 4.79 Å². The highest BCUT2D eigenvalue weighted by Gasteiger charge is 2.18. The summed E-state index contributed by atoms with van der Waals surface area (Å²) in [6, 6.07) is 16.3. The summed E-state index contributed by atoms with van der Waals surface area (Å²) in [7, 11) is 0. The molecule has 6 heteroatoms. The molecule has 0 N–H and O–H groups in total. The van der Waals surface area contributed by atoms with Crippen LogP contribution in [0.25, 0.3) is 10.9 Å². The molecule has 2 heterocycles. The van der Waals surface area contributed by atoms with Crippen molar-refractivity contribution >= 4 is 46.4 Å². The van der Waals surface area contributed by atoms with E-state index in [1.54, 1.807) is 6.92 Å². The predicted octanol–water partition coefficient (Wildman–Crippen LogP) is 5.13. The number of nitrogens with zero attached hydrogens (tertiary/aromatic N) is 3. The number of Topliss-reactive ketones (excluding diaryl/α,β-unsaturated/α-hetero) is 1. The summed E-state index contributed by atoms with van der Waals surface area (Å²) in [5.74, 6) is 0.130. The first-order valence-electron chi connectivity index (χ1n) is 9.94. The zero-order valence-corrected chi connectivity index (χ0v) is 18.3. The van der Waals surface area contributed by atoms with Gasteiger partial charge in [0.05, 0.1) is 10.7 Å². The minimum absolute atomic E-state index is 0. The number of piperazine rings is 1. The lowest BCUT2D eigenvalue weighted by Gasteiger charge is -2.36. The minimum atomic E-state index is 0. The van der Waals surface area contributed by atoms with Crippen LogP contribution in [0, 0.1) is 0 Å². The second-order valence-corrected chi connectivity index (χ2v) is 7.85. The Labute approximate surface area is 183 Å². The number of rotatable bonds is 6. The lowest BCUT2D eigenvalue weighted by Crippen LogP contribution is -2.46. The Hall–Kier alpha value is -2.01. The third kappa shape index (κ3) is 4.77. The van der Waals surface area contributed by atoms with E-state index in [0.29, 0.717) is 0 Å². The summed E-state index contributed by atoms with van der Waals surface area (Å²) < 4.78 is 2.23. The van der Waals surface area contributed by atoms with E-state index in [1.807, 2.05) is 42.6 Å². The minimum Gasteiger partial charge on any atom is -0.368 e. The van der Waals surface area contributed by atoms with Crippen molar-refractivity contribution in [3.05, 3.63) is 65.3 Å². The van der Waals surface area contributed by atoms with Gasteiger partial charge in [-0.3, -0.25) is 9.69 Å². The van der Waals surface area contributed by atoms with Gasteiger partial charge in [-0.25, -0.2) is 0 Å². The largest absolute Gasteiger partial charge is 0.368 e. The van der Waals surface area contributed by atoms with E-state index in [0.717, 1.165) is 72.9 Å². The molecule has 0 atom stereocenters. The zero-order valence-electron chi connectivity index (χ0n) is 16.7. The second kappa shape index (κ2) is 9.66. The smallest absolute Gasteiger partial charge is 0.161 e. The van der Waals surface area contributed by atoms with Crippen LogP contribution in [0.15, 0.2) is 54.7 Å². The summed E-state index contributed by atoms with van der Waals surface area (Å²) in [4.78, 5) is 16.8. The van der Waals surface area contributed by atoms with E-state index >= 15 is 0 Å². The van der Waals surface area contributed by atoms with Crippen LogP contribution in [-0.2, 0) is 6.54 Å². The molecule has 0 radical (unpaired) electrons. The van der Waals surface area contributed by atoms with Crippen LogP contribution in [0.4, 0.5) is 5.69 Å². The summed E-state index contributed by atoms with van der Waals surface area (Å²) >= 11 is 6.34. The van der Waals surface area contributed by atoms with Gasteiger partial charge in [-0.1, -0.05) is 41.9 Å². The monoisotopic (exact) mass is 431 g/mol. The number of carbonyl (C=O) groups excluding carboxylic acids is 1. The Morgan fingerprint density at radius 1 is 0.966 bits per heavy atom. The Morgan fingerprint density at radius 3 is 2.38 bits per heavy atom. The number of benzene rings is 2. The topological polar surface area (TPSA) is 28.5 Å². The van der Waals surface area contributed by atoms with Crippen molar-refractivity contribution in [2.75, 3.05) is 37.6 Å². The van der Waals surface area contributed by atoms with Crippen molar-refractivity contribution in [1.29, 1.82) is 0 Å². The van der Waals surface area contributed by atoms with Crippen LogP contribution in [-0.4, -0.2) is 48.0 Å². The Balaban J connectivity index is 0.00000240. The van der Waals surface area contributed by atoms with Crippen LogP contribution in [0.3, 0.4) is 0 Å². The van der Waals surface area contributed by atoms with E-state index in [1.165, 1.54) is 0 Å². The van der Waals surface area contributed by atoms with E-state index in [-0.39, 0.29) is 18.2 Å². The maximum absolute atomic E-state index is 11.9. The van der Waals surface area contributed by atoms with Gasteiger partial charge in [0.25, 0.3) is 0 Å². The number of hydrogen-bond donors (Lipinski definition) is 0. The highest BCUT2D eigenvalue weighted by atomic mass is 35.5. The summed E-state index contributed by atoms with van der Waals surface area (Å²) in [6.07, 6.45) is 3.09. The van der Waals surface area contributed by atoms with Crippen molar-refractivity contribution in [3.8, 4) is 0 Å². The highest BCUT2D eigenvalue weighted by Crippen LogP contribution is 2.26. The number of carbonyl (C=O) groups is 1. The molecule has 1 aliphatic heterocycles. The number of para-hydroxylation sites is 2. The molecular formula is C23H27Cl2N3O. The standard InChI is InChI=1S/C23H26ClN3O.ClH/c1-18(28)20-17-27(22-9-4-2-7-19(20)22)12-6-11-25-13-15-26(16-14-25)23-10-5-3-8-21(23)24;/h2-5,7-10,17H,6,11-16H2,1H3;1H. The molecular weight excluding hydrogens is 405 g/mol. The van der Waals surface area contributed by atoms with Crippen molar-refractivity contribution in [2.45, 2.75) is 19.9 Å².